The van der Waals surface area contributed by atoms with Crippen molar-refractivity contribution in [3.8, 4) is 0 Å². The van der Waals surface area contributed by atoms with E-state index in [4.69, 9.17) is 4.74 Å². The van der Waals surface area contributed by atoms with Crippen LogP contribution in [0.5, 0.6) is 0 Å². The molecule has 4 heteroatoms. The smallest absolute Gasteiger partial charge is 0.123 e. The lowest BCUT2D eigenvalue weighted by Gasteiger charge is -2.52. The number of halogens is 1. The van der Waals surface area contributed by atoms with Crippen molar-refractivity contribution in [3.05, 3.63) is 71.5 Å². The van der Waals surface area contributed by atoms with Gasteiger partial charge in [0.2, 0.25) is 0 Å². The van der Waals surface area contributed by atoms with Gasteiger partial charge in [-0.1, -0.05) is 42.5 Å². The summed E-state index contributed by atoms with van der Waals surface area (Å²) in [6.07, 6.45) is 1.14. The van der Waals surface area contributed by atoms with E-state index in [-0.39, 0.29) is 17.9 Å². The fraction of sp³-hybridized carbons (Fsp3) is 0.400. The van der Waals surface area contributed by atoms with Gasteiger partial charge in [0.25, 0.3) is 0 Å². The highest BCUT2D eigenvalue weighted by Crippen LogP contribution is 2.41. The van der Waals surface area contributed by atoms with Crippen molar-refractivity contribution in [1.29, 1.82) is 0 Å². The van der Waals surface area contributed by atoms with Crippen LogP contribution >= 0.6 is 0 Å². The molecule has 24 heavy (non-hydrogen) atoms. The third-order valence-electron chi connectivity index (χ3n) is 5.28. The summed E-state index contributed by atoms with van der Waals surface area (Å²) in [5.41, 5.74) is 0.971. The number of ether oxygens (including phenoxy) is 1. The predicted octanol–water partition coefficient (Wildman–Crippen LogP) is 3.08. The van der Waals surface area contributed by atoms with Crippen LogP contribution in [0, 0.1) is 5.82 Å². The molecule has 3 nitrogen and oxygen atoms in total. The maximum atomic E-state index is 13.6. The van der Waals surface area contributed by atoms with Gasteiger partial charge in [-0.25, -0.2) is 4.39 Å². The minimum Gasteiger partial charge on any atom is -0.385 e. The molecule has 1 N–H and O–H groups in total. The molecule has 2 saturated heterocycles. The van der Waals surface area contributed by atoms with Gasteiger partial charge in [0.15, 0.2) is 0 Å². The van der Waals surface area contributed by atoms with E-state index < -0.39 is 5.60 Å². The Balaban J connectivity index is 1.58. The molecule has 0 saturated carbocycles. The summed E-state index contributed by atoms with van der Waals surface area (Å²) in [6.45, 7) is 2.08. The van der Waals surface area contributed by atoms with E-state index in [2.05, 4.69) is 29.2 Å². The normalized spacial score (nSPS) is 30.2. The first-order chi connectivity index (χ1) is 11.6. The Morgan fingerprint density at radius 2 is 1.75 bits per heavy atom. The molecule has 0 amide bonds. The summed E-state index contributed by atoms with van der Waals surface area (Å²) in [7, 11) is 0. The first kappa shape index (κ1) is 15.8. The number of hydrogen-bond acceptors (Lipinski definition) is 3. The molecule has 0 spiro atoms. The molecular formula is C20H22FNO2. The molecule has 2 unspecified atom stereocenters. The molecule has 2 fully saturated rings. The SMILES string of the molecule is OC1(c2cccc(F)c2)CC2COCC(C1)N2Cc1ccccc1. The van der Waals surface area contributed by atoms with Gasteiger partial charge < -0.3 is 9.84 Å². The Kier molecular flexibility index (Phi) is 4.12. The minimum atomic E-state index is -0.978. The monoisotopic (exact) mass is 327 g/mol. The van der Waals surface area contributed by atoms with Crippen molar-refractivity contribution < 1.29 is 14.2 Å². The molecule has 2 heterocycles. The second-order valence-corrected chi connectivity index (χ2v) is 6.95. The van der Waals surface area contributed by atoms with Crippen LogP contribution in [0.25, 0.3) is 0 Å². The predicted molar refractivity (Wildman–Crippen MR) is 89.9 cm³/mol. The van der Waals surface area contributed by atoms with Crippen molar-refractivity contribution in [2.45, 2.75) is 37.1 Å². The minimum absolute atomic E-state index is 0.144. The first-order valence-corrected chi connectivity index (χ1v) is 8.50. The summed E-state index contributed by atoms with van der Waals surface area (Å²) in [5, 5.41) is 11.2. The Labute approximate surface area is 141 Å². The third kappa shape index (κ3) is 2.97. The standard InChI is InChI=1S/C20H22FNO2/c21-17-8-4-7-16(9-17)20(23)10-18-13-24-14-19(11-20)22(18)12-15-5-2-1-3-6-15/h1-9,18-19,23H,10-14H2. The van der Waals surface area contributed by atoms with Crippen molar-refractivity contribution in [2.75, 3.05) is 13.2 Å². The molecule has 2 bridgehead atoms. The summed E-state index contributed by atoms with van der Waals surface area (Å²) in [4.78, 5) is 2.44. The third-order valence-corrected chi connectivity index (χ3v) is 5.28. The lowest BCUT2D eigenvalue weighted by molar-refractivity contribution is -0.149. The number of rotatable bonds is 3. The molecule has 0 radical (unpaired) electrons. The average molecular weight is 327 g/mol. The van der Waals surface area contributed by atoms with Crippen LogP contribution in [0.2, 0.25) is 0 Å². The van der Waals surface area contributed by atoms with E-state index in [0.717, 1.165) is 6.54 Å². The van der Waals surface area contributed by atoms with Gasteiger partial charge in [-0.3, -0.25) is 4.90 Å². The van der Waals surface area contributed by atoms with E-state index in [1.807, 2.05) is 12.1 Å². The number of fused-ring (bicyclic) bond motifs is 2. The number of morpholine rings is 1. The van der Waals surface area contributed by atoms with Gasteiger partial charge in [0.1, 0.15) is 5.82 Å². The van der Waals surface area contributed by atoms with E-state index in [1.54, 1.807) is 6.07 Å². The van der Waals surface area contributed by atoms with Crippen LogP contribution in [0.15, 0.2) is 54.6 Å². The van der Waals surface area contributed by atoms with Gasteiger partial charge in [0, 0.05) is 18.6 Å². The zero-order chi connectivity index (χ0) is 16.6. The van der Waals surface area contributed by atoms with Gasteiger partial charge in [0.05, 0.1) is 18.8 Å². The summed E-state index contributed by atoms with van der Waals surface area (Å²) < 4.78 is 19.3. The fourth-order valence-electron chi connectivity index (χ4n) is 4.11. The molecule has 2 aromatic carbocycles. The molecule has 126 valence electrons. The molecule has 2 aliphatic heterocycles. The second kappa shape index (κ2) is 6.28. The maximum Gasteiger partial charge on any atom is 0.123 e. The topological polar surface area (TPSA) is 32.7 Å². The van der Waals surface area contributed by atoms with Crippen LogP contribution in [0.3, 0.4) is 0 Å². The van der Waals surface area contributed by atoms with Crippen molar-refractivity contribution in [1.82, 2.24) is 4.90 Å². The summed E-state index contributed by atoms with van der Waals surface area (Å²) in [5.74, 6) is -0.297. The van der Waals surface area contributed by atoms with Crippen molar-refractivity contribution >= 4 is 0 Å². The van der Waals surface area contributed by atoms with Crippen LogP contribution in [-0.2, 0) is 16.9 Å². The highest BCUT2D eigenvalue weighted by atomic mass is 19.1. The van der Waals surface area contributed by atoms with Crippen LogP contribution in [0.4, 0.5) is 4.39 Å². The molecule has 2 aromatic rings. The lowest BCUT2D eigenvalue weighted by Crippen LogP contribution is -2.60. The fourth-order valence-corrected chi connectivity index (χ4v) is 4.11. The Morgan fingerprint density at radius 1 is 1.04 bits per heavy atom. The number of nitrogens with zero attached hydrogens (tertiary/aromatic N) is 1. The van der Waals surface area contributed by atoms with E-state index in [9.17, 15) is 9.50 Å². The Hall–Kier alpha value is -1.75. The van der Waals surface area contributed by atoms with E-state index in [0.29, 0.717) is 31.6 Å². The highest BCUT2D eigenvalue weighted by molar-refractivity contribution is 5.26. The molecule has 0 aliphatic carbocycles. The molecule has 4 rings (SSSR count). The summed E-state index contributed by atoms with van der Waals surface area (Å²) >= 11 is 0. The quantitative estimate of drug-likeness (QED) is 0.940. The number of benzene rings is 2. The zero-order valence-electron chi connectivity index (χ0n) is 13.6. The average Bonchev–Trinajstić information content (AvgIpc) is 2.57. The molecule has 0 aromatic heterocycles. The first-order valence-electron chi connectivity index (χ1n) is 8.50. The number of piperidine rings is 1. The van der Waals surface area contributed by atoms with E-state index in [1.165, 1.54) is 17.7 Å². The largest absolute Gasteiger partial charge is 0.385 e. The zero-order valence-corrected chi connectivity index (χ0v) is 13.6. The molecule has 2 atom stereocenters. The van der Waals surface area contributed by atoms with Crippen molar-refractivity contribution in [2.24, 2.45) is 0 Å². The van der Waals surface area contributed by atoms with Gasteiger partial charge in [-0.15, -0.1) is 0 Å². The van der Waals surface area contributed by atoms with Gasteiger partial charge >= 0.3 is 0 Å². The summed E-state index contributed by atoms with van der Waals surface area (Å²) in [6, 6.07) is 17.0. The second-order valence-electron chi connectivity index (χ2n) is 6.95. The van der Waals surface area contributed by atoms with Gasteiger partial charge in [-0.2, -0.15) is 0 Å². The Bertz CT molecular complexity index is 692. The van der Waals surface area contributed by atoms with Crippen LogP contribution in [-0.4, -0.2) is 35.3 Å². The molecular weight excluding hydrogens is 305 g/mol. The van der Waals surface area contributed by atoms with E-state index >= 15 is 0 Å². The lowest BCUT2D eigenvalue weighted by atomic mass is 9.76. The van der Waals surface area contributed by atoms with Crippen molar-refractivity contribution in [3.63, 3.8) is 0 Å². The Morgan fingerprint density at radius 3 is 2.42 bits per heavy atom. The highest BCUT2D eigenvalue weighted by Gasteiger charge is 2.46. The number of aliphatic hydroxyl groups is 1. The molecule has 2 aliphatic rings. The number of hydrogen-bond donors (Lipinski definition) is 1. The van der Waals surface area contributed by atoms with Gasteiger partial charge in [-0.05, 0) is 36.1 Å². The maximum absolute atomic E-state index is 13.6. The van der Waals surface area contributed by atoms with Crippen LogP contribution < -0.4 is 0 Å². The van der Waals surface area contributed by atoms with Crippen LogP contribution in [0.1, 0.15) is 24.0 Å².